The minimum absolute atomic E-state index is 0.0108. The van der Waals surface area contributed by atoms with Crippen molar-refractivity contribution in [3.63, 3.8) is 0 Å². The van der Waals surface area contributed by atoms with Crippen LogP contribution in [0.1, 0.15) is 175 Å². The second-order valence-electron chi connectivity index (χ2n) is 13.6. The number of carbonyl (C=O) groups excluding carboxylic acids is 2. The molecule has 310 valence electrons. The Morgan fingerprint density at radius 2 is 1.00 bits per heavy atom. The Hall–Kier alpha value is -2.51. The summed E-state index contributed by atoms with van der Waals surface area (Å²) in [7, 11) is -4.31. The van der Waals surface area contributed by atoms with E-state index < -0.39 is 32.5 Å². The molecule has 0 aromatic carbocycles. The number of rotatable bonds is 38. The molecule has 0 saturated heterocycles. The van der Waals surface area contributed by atoms with Gasteiger partial charge in [-0.15, -0.1) is 0 Å². The molecule has 0 aliphatic carbocycles. The maximum absolute atomic E-state index is 12.5. The molecule has 0 amide bonds. The van der Waals surface area contributed by atoms with E-state index in [9.17, 15) is 19.0 Å². The fourth-order valence-electron chi connectivity index (χ4n) is 5.46. The highest BCUT2D eigenvalue weighted by molar-refractivity contribution is 7.47. The number of allylic oxidation sites excluding steroid dienone is 11. The van der Waals surface area contributed by atoms with Gasteiger partial charge >= 0.3 is 19.8 Å². The van der Waals surface area contributed by atoms with Gasteiger partial charge in [0, 0.05) is 6.42 Å². The predicted molar refractivity (Wildman–Crippen MR) is 225 cm³/mol. The molecule has 0 aliphatic rings. The summed E-state index contributed by atoms with van der Waals surface area (Å²) < 4.78 is 32.5. The van der Waals surface area contributed by atoms with Gasteiger partial charge in [-0.05, 0) is 71.1 Å². The molecule has 0 bridgehead atoms. The summed E-state index contributed by atoms with van der Waals surface area (Å²) in [4.78, 5) is 34.6. The molecule has 0 fully saturated rings. The molecule has 0 spiro atoms. The van der Waals surface area contributed by atoms with Crippen LogP contribution in [-0.2, 0) is 32.7 Å². The van der Waals surface area contributed by atoms with Gasteiger partial charge in [0.2, 0.25) is 0 Å². The Bertz CT molecular complexity index is 1110. The Morgan fingerprint density at radius 1 is 0.537 bits per heavy atom. The summed E-state index contributed by atoms with van der Waals surface area (Å²) in [6.07, 6.45) is 49.9. The lowest BCUT2D eigenvalue weighted by Crippen LogP contribution is -2.29. The zero-order valence-electron chi connectivity index (χ0n) is 34.3. The van der Waals surface area contributed by atoms with Crippen molar-refractivity contribution in [2.75, 3.05) is 19.8 Å². The SMILES string of the molecule is CC/C=C\C/C=C\C/C=C\C/C=C\C/C=C\CC(=O)OC(COC(=O)CCCCCCCCCCC/C=C\CCCCCCCC)COP(=O)(O)OCC. The molecule has 54 heavy (non-hydrogen) atoms. The second-order valence-corrected chi connectivity index (χ2v) is 15.1. The molecular formula is C45H77O8P. The Labute approximate surface area is 330 Å². The number of esters is 2. The Morgan fingerprint density at radius 3 is 1.50 bits per heavy atom. The zero-order valence-corrected chi connectivity index (χ0v) is 35.2. The molecule has 0 rings (SSSR count). The van der Waals surface area contributed by atoms with Crippen molar-refractivity contribution >= 4 is 19.8 Å². The van der Waals surface area contributed by atoms with Crippen LogP contribution in [0.4, 0.5) is 0 Å². The van der Waals surface area contributed by atoms with Gasteiger partial charge in [-0.1, -0.05) is 164 Å². The first-order valence-electron chi connectivity index (χ1n) is 21.2. The number of hydrogen-bond acceptors (Lipinski definition) is 7. The molecule has 0 aliphatic heterocycles. The number of phosphoric acid groups is 1. The first-order valence-corrected chi connectivity index (χ1v) is 22.7. The molecular weight excluding hydrogens is 699 g/mol. The monoisotopic (exact) mass is 777 g/mol. The van der Waals surface area contributed by atoms with E-state index in [4.69, 9.17) is 18.5 Å². The van der Waals surface area contributed by atoms with Crippen LogP contribution in [0.15, 0.2) is 72.9 Å². The predicted octanol–water partition coefficient (Wildman–Crippen LogP) is 13.3. The van der Waals surface area contributed by atoms with E-state index in [1.54, 1.807) is 13.0 Å². The minimum Gasteiger partial charge on any atom is -0.462 e. The van der Waals surface area contributed by atoms with Gasteiger partial charge in [-0.3, -0.25) is 18.6 Å². The zero-order chi connectivity index (χ0) is 39.6. The summed E-state index contributed by atoms with van der Waals surface area (Å²) >= 11 is 0. The third-order valence-corrected chi connectivity index (χ3v) is 9.59. The highest BCUT2D eigenvalue weighted by Gasteiger charge is 2.25. The molecule has 2 atom stereocenters. The average Bonchev–Trinajstić information content (AvgIpc) is 3.15. The van der Waals surface area contributed by atoms with Crippen molar-refractivity contribution in [1.82, 2.24) is 0 Å². The third-order valence-electron chi connectivity index (χ3n) is 8.53. The lowest BCUT2D eigenvalue weighted by atomic mass is 10.1. The highest BCUT2D eigenvalue weighted by atomic mass is 31.2. The number of ether oxygens (including phenoxy) is 2. The summed E-state index contributed by atoms with van der Waals surface area (Å²) in [6, 6.07) is 0. The fraction of sp³-hybridized carbons (Fsp3) is 0.689. The van der Waals surface area contributed by atoms with E-state index in [-0.39, 0.29) is 26.1 Å². The summed E-state index contributed by atoms with van der Waals surface area (Å²) in [5, 5.41) is 0. The number of unbranched alkanes of at least 4 members (excludes halogenated alkanes) is 15. The van der Waals surface area contributed by atoms with Gasteiger partial charge in [0.15, 0.2) is 6.10 Å². The Balaban J connectivity index is 4.19. The Kier molecular flexibility index (Phi) is 38.3. The lowest BCUT2D eigenvalue weighted by Gasteiger charge is -2.19. The van der Waals surface area contributed by atoms with Crippen molar-refractivity contribution in [1.29, 1.82) is 0 Å². The van der Waals surface area contributed by atoms with Gasteiger partial charge in [-0.25, -0.2) is 4.57 Å². The van der Waals surface area contributed by atoms with Gasteiger partial charge in [0.05, 0.1) is 19.6 Å². The normalized spacial score (nSPS) is 14.1. The van der Waals surface area contributed by atoms with Crippen LogP contribution in [0.25, 0.3) is 0 Å². The van der Waals surface area contributed by atoms with Gasteiger partial charge < -0.3 is 14.4 Å². The summed E-state index contributed by atoms with van der Waals surface area (Å²) in [6.45, 7) is 5.23. The van der Waals surface area contributed by atoms with E-state index >= 15 is 0 Å². The van der Waals surface area contributed by atoms with E-state index in [0.717, 1.165) is 44.9 Å². The van der Waals surface area contributed by atoms with E-state index in [1.807, 2.05) is 12.2 Å². The van der Waals surface area contributed by atoms with E-state index in [0.29, 0.717) is 6.42 Å². The van der Waals surface area contributed by atoms with Crippen LogP contribution >= 0.6 is 7.82 Å². The smallest absolute Gasteiger partial charge is 0.462 e. The molecule has 2 unspecified atom stereocenters. The summed E-state index contributed by atoms with van der Waals surface area (Å²) in [5.74, 6) is -0.951. The number of carbonyl (C=O) groups is 2. The van der Waals surface area contributed by atoms with Crippen molar-refractivity contribution in [2.24, 2.45) is 0 Å². The number of hydrogen-bond donors (Lipinski definition) is 1. The standard InChI is InChI=1S/C45H77O8P/c1-4-7-9-11-13-15-17-19-21-22-23-24-26-27-29-31-33-35-37-39-44(46)50-41-43(42-52-54(48,49)51-6-3)53-45(47)40-38-36-34-32-30-28-25-20-18-16-14-12-10-8-5-2/h8,10,14,16,19-21,25,30,32,36,38,43H,4-7,9,11-13,15,17-18,22-24,26-29,31,33-35,37,39-42H2,1-3H3,(H,48,49)/b10-8-,16-14-,21-19-,25-20-,32-30-,38-36-. The molecule has 8 nitrogen and oxygen atoms in total. The van der Waals surface area contributed by atoms with Crippen molar-refractivity contribution < 1.29 is 37.6 Å². The lowest BCUT2D eigenvalue weighted by molar-refractivity contribution is -0.160. The molecule has 1 N–H and O–H groups in total. The van der Waals surface area contributed by atoms with Crippen LogP contribution in [-0.4, -0.2) is 42.8 Å². The minimum atomic E-state index is -4.31. The molecule has 0 radical (unpaired) electrons. The maximum Gasteiger partial charge on any atom is 0.472 e. The fourth-order valence-corrected chi connectivity index (χ4v) is 6.22. The van der Waals surface area contributed by atoms with Crippen LogP contribution in [0.2, 0.25) is 0 Å². The molecule has 0 aromatic heterocycles. The first-order chi connectivity index (χ1) is 26.3. The van der Waals surface area contributed by atoms with Crippen molar-refractivity contribution in [3.8, 4) is 0 Å². The van der Waals surface area contributed by atoms with Crippen LogP contribution in [0.3, 0.4) is 0 Å². The van der Waals surface area contributed by atoms with Gasteiger partial charge in [0.1, 0.15) is 6.61 Å². The number of phosphoric ester groups is 1. The quantitative estimate of drug-likeness (QED) is 0.0286. The highest BCUT2D eigenvalue weighted by Crippen LogP contribution is 2.43. The van der Waals surface area contributed by atoms with Crippen LogP contribution in [0, 0.1) is 0 Å². The third kappa shape index (κ3) is 39.2. The largest absolute Gasteiger partial charge is 0.472 e. The molecule has 0 heterocycles. The van der Waals surface area contributed by atoms with Crippen LogP contribution in [0.5, 0.6) is 0 Å². The van der Waals surface area contributed by atoms with Gasteiger partial charge in [0.25, 0.3) is 0 Å². The maximum atomic E-state index is 12.5. The van der Waals surface area contributed by atoms with Crippen molar-refractivity contribution in [2.45, 2.75) is 181 Å². The average molecular weight is 777 g/mol. The topological polar surface area (TPSA) is 108 Å². The first kappa shape index (κ1) is 51.5. The molecule has 9 heteroatoms. The van der Waals surface area contributed by atoms with E-state index in [1.165, 1.54) is 89.9 Å². The van der Waals surface area contributed by atoms with E-state index in [2.05, 4.69) is 68.5 Å². The molecule has 0 saturated carbocycles. The van der Waals surface area contributed by atoms with Crippen molar-refractivity contribution in [3.05, 3.63) is 72.9 Å². The van der Waals surface area contributed by atoms with Gasteiger partial charge in [-0.2, -0.15) is 0 Å². The second kappa shape index (κ2) is 40.2. The van der Waals surface area contributed by atoms with Crippen LogP contribution < -0.4 is 0 Å². The summed E-state index contributed by atoms with van der Waals surface area (Å²) in [5.41, 5.74) is 0. The molecule has 0 aromatic rings.